The molecule has 0 radical (unpaired) electrons. The van der Waals surface area contributed by atoms with E-state index >= 15 is 0 Å². The van der Waals surface area contributed by atoms with E-state index < -0.39 is 0 Å². The van der Waals surface area contributed by atoms with E-state index in [1.165, 1.54) is 0 Å². The van der Waals surface area contributed by atoms with Gasteiger partial charge in [0, 0.05) is 30.9 Å². The number of likely N-dealkylation sites (tertiary alicyclic amines) is 1. The van der Waals surface area contributed by atoms with E-state index in [4.69, 9.17) is 0 Å². The fraction of sp³-hybridized carbons (Fsp3) is 0.529. The van der Waals surface area contributed by atoms with E-state index in [2.05, 4.69) is 17.6 Å². The molecule has 2 N–H and O–H groups in total. The summed E-state index contributed by atoms with van der Waals surface area (Å²) < 4.78 is 0. The van der Waals surface area contributed by atoms with Crippen molar-refractivity contribution < 1.29 is 9.59 Å². The fourth-order valence-corrected chi connectivity index (χ4v) is 2.48. The van der Waals surface area contributed by atoms with Gasteiger partial charge < -0.3 is 15.5 Å². The Bertz CT molecular complexity index is 493. The normalized spacial score (nSPS) is 14.0. The molecule has 1 aromatic carbocycles. The molecule has 0 aromatic heterocycles. The number of carbonyl (C=O) groups excluding carboxylic acids is 2. The van der Waals surface area contributed by atoms with Gasteiger partial charge in [-0.25, -0.2) is 0 Å². The Morgan fingerprint density at radius 2 is 1.82 bits per heavy atom. The van der Waals surface area contributed by atoms with E-state index in [1.54, 1.807) is 0 Å². The number of anilines is 1. The van der Waals surface area contributed by atoms with Gasteiger partial charge in [-0.1, -0.05) is 13.3 Å². The highest BCUT2D eigenvalue weighted by Gasteiger charge is 2.19. The van der Waals surface area contributed by atoms with Crippen molar-refractivity contribution in [1.29, 1.82) is 0 Å². The molecule has 1 heterocycles. The highest BCUT2D eigenvalue weighted by molar-refractivity contribution is 5.94. The van der Waals surface area contributed by atoms with Crippen molar-refractivity contribution in [3.63, 3.8) is 0 Å². The molecular weight excluding hydrogens is 278 g/mol. The summed E-state index contributed by atoms with van der Waals surface area (Å²) in [6.07, 6.45) is 4.26. The first kappa shape index (κ1) is 16.3. The number of amides is 2. The van der Waals surface area contributed by atoms with Crippen LogP contribution in [-0.2, 0) is 4.79 Å². The van der Waals surface area contributed by atoms with Gasteiger partial charge in [-0.2, -0.15) is 0 Å². The number of hydrogen-bond acceptors (Lipinski definition) is 3. The molecule has 0 unspecified atom stereocenters. The van der Waals surface area contributed by atoms with Crippen LogP contribution in [0, 0.1) is 0 Å². The zero-order valence-electron chi connectivity index (χ0n) is 13.2. The molecule has 5 nitrogen and oxygen atoms in total. The van der Waals surface area contributed by atoms with Crippen LogP contribution < -0.4 is 10.6 Å². The van der Waals surface area contributed by atoms with Crippen molar-refractivity contribution in [2.24, 2.45) is 0 Å². The highest BCUT2D eigenvalue weighted by atomic mass is 16.2. The Hall–Kier alpha value is -2.04. The predicted octanol–water partition coefficient (Wildman–Crippen LogP) is 2.25. The maximum atomic E-state index is 12.2. The number of unbranched alkanes of at least 4 members (excludes halogenated alkanes) is 1. The lowest BCUT2D eigenvalue weighted by Crippen LogP contribution is -2.30. The Morgan fingerprint density at radius 1 is 1.14 bits per heavy atom. The predicted molar refractivity (Wildman–Crippen MR) is 88.0 cm³/mol. The smallest absolute Gasteiger partial charge is 0.253 e. The van der Waals surface area contributed by atoms with Crippen molar-refractivity contribution in [1.82, 2.24) is 10.2 Å². The van der Waals surface area contributed by atoms with Crippen LogP contribution in [0.5, 0.6) is 0 Å². The van der Waals surface area contributed by atoms with Crippen LogP contribution in [0.3, 0.4) is 0 Å². The lowest BCUT2D eigenvalue weighted by Gasteiger charge is -2.15. The SMILES string of the molecule is CCCCNC(=O)CNc1ccc(C(=O)N2CCCC2)cc1. The third-order valence-electron chi connectivity index (χ3n) is 3.83. The van der Waals surface area contributed by atoms with E-state index in [1.807, 2.05) is 29.2 Å². The average Bonchev–Trinajstić information content (AvgIpc) is 3.07. The summed E-state index contributed by atoms with van der Waals surface area (Å²) in [4.78, 5) is 25.7. The van der Waals surface area contributed by atoms with Crippen molar-refractivity contribution in [3.05, 3.63) is 29.8 Å². The maximum absolute atomic E-state index is 12.2. The second-order valence-electron chi connectivity index (χ2n) is 5.63. The van der Waals surface area contributed by atoms with Gasteiger partial charge in [0.1, 0.15) is 0 Å². The molecule has 0 spiro atoms. The average molecular weight is 303 g/mol. The molecule has 2 amide bonds. The standard InChI is InChI=1S/C17H25N3O2/c1-2-3-10-18-16(21)13-19-15-8-6-14(7-9-15)17(22)20-11-4-5-12-20/h6-9,19H,2-5,10-13H2,1H3,(H,18,21). The molecule has 1 fully saturated rings. The van der Waals surface area contributed by atoms with Gasteiger partial charge in [0.15, 0.2) is 0 Å². The van der Waals surface area contributed by atoms with Gasteiger partial charge >= 0.3 is 0 Å². The summed E-state index contributed by atoms with van der Waals surface area (Å²) >= 11 is 0. The second kappa shape index (κ2) is 8.41. The number of hydrogen-bond donors (Lipinski definition) is 2. The van der Waals surface area contributed by atoms with Crippen LogP contribution in [0.4, 0.5) is 5.69 Å². The minimum absolute atomic E-state index is 0.00864. The number of rotatable bonds is 7. The van der Waals surface area contributed by atoms with Crippen LogP contribution in [0.25, 0.3) is 0 Å². The molecule has 1 saturated heterocycles. The maximum Gasteiger partial charge on any atom is 0.253 e. The molecule has 120 valence electrons. The molecule has 1 aliphatic heterocycles. The van der Waals surface area contributed by atoms with E-state index in [9.17, 15) is 9.59 Å². The van der Waals surface area contributed by atoms with Crippen molar-refractivity contribution in [2.75, 3.05) is 31.5 Å². The third-order valence-corrected chi connectivity index (χ3v) is 3.83. The minimum Gasteiger partial charge on any atom is -0.376 e. The lowest BCUT2D eigenvalue weighted by atomic mass is 10.2. The number of nitrogens with zero attached hydrogens (tertiary/aromatic N) is 1. The summed E-state index contributed by atoms with van der Waals surface area (Å²) in [5.41, 5.74) is 1.56. The molecule has 5 heteroatoms. The summed E-state index contributed by atoms with van der Waals surface area (Å²) in [5.74, 6) is 0.0898. The minimum atomic E-state index is -0.00864. The summed E-state index contributed by atoms with van der Waals surface area (Å²) in [6.45, 7) is 4.78. The van der Waals surface area contributed by atoms with Crippen LogP contribution in [-0.4, -0.2) is 42.9 Å². The van der Waals surface area contributed by atoms with Gasteiger partial charge in [0.05, 0.1) is 6.54 Å². The van der Waals surface area contributed by atoms with Gasteiger partial charge in [0.25, 0.3) is 5.91 Å². The first-order valence-electron chi connectivity index (χ1n) is 8.10. The lowest BCUT2D eigenvalue weighted by molar-refractivity contribution is -0.119. The van der Waals surface area contributed by atoms with E-state index in [0.717, 1.165) is 51.0 Å². The van der Waals surface area contributed by atoms with Gasteiger partial charge in [-0.15, -0.1) is 0 Å². The first-order valence-corrected chi connectivity index (χ1v) is 8.10. The van der Waals surface area contributed by atoms with Crippen LogP contribution in [0.1, 0.15) is 43.0 Å². The molecule has 1 aromatic rings. The van der Waals surface area contributed by atoms with E-state index in [-0.39, 0.29) is 18.4 Å². The summed E-state index contributed by atoms with van der Waals surface area (Å²) in [7, 11) is 0. The molecule has 0 aliphatic carbocycles. The summed E-state index contributed by atoms with van der Waals surface area (Å²) in [5, 5.41) is 5.93. The third kappa shape index (κ3) is 4.76. The zero-order valence-corrected chi connectivity index (χ0v) is 13.2. The zero-order chi connectivity index (χ0) is 15.8. The Labute approximate surface area is 132 Å². The van der Waals surface area contributed by atoms with Gasteiger partial charge in [-0.3, -0.25) is 9.59 Å². The number of carbonyl (C=O) groups is 2. The Morgan fingerprint density at radius 3 is 2.45 bits per heavy atom. The molecule has 0 saturated carbocycles. The topological polar surface area (TPSA) is 61.4 Å². The van der Waals surface area contributed by atoms with Crippen LogP contribution >= 0.6 is 0 Å². The van der Waals surface area contributed by atoms with Crippen molar-refractivity contribution >= 4 is 17.5 Å². The molecule has 22 heavy (non-hydrogen) atoms. The fourth-order valence-electron chi connectivity index (χ4n) is 2.48. The van der Waals surface area contributed by atoms with Gasteiger partial charge in [0.2, 0.25) is 5.91 Å². The van der Waals surface area contributed by atoms with Crippen LogP contribution in [0.15, 0.2) is 24.3 Å². The van der Waals surface area contributed by atoms with Crippen LogP contribution in [0.2, 0.25) is 0 Å². The van der Waals surface area contributed by atoms with Crippen molar-refractivity contribution in [3.8, 4) is 0 Å². The largest absolute Gasteiger partial charge is 0.376 e. The summed E-state index contributed by atoms with van der Waals surface area (Å²) in [6, 6.07) is 7.33. The first-order chi connectivity index (χ1) is 10.7. The Balaban J connectivity index is 1.79. The molecule has 2 rings (SSSR count). The molecule has 1 aliphatic rings. The number of benzene rings is 1. The van der Waals surface area contributed by atoms with Gasteiger partial charge in [-0.05, 0) is 43.5 Å². The quantitative estimate of drug-likeness (QED) is 0.760. The molecule has 0 atom stereocenters. The van der Waals surface area contributed by atoms with E-state index in [0.29, 0.717) is 5.56 Å². The Kier molecular flexibility index (Phi) is 6.25. The number of nitrogens with one attached hydrogen (secondary N) is 2. The molecular formula is C17H25N3O2. The van der Waals surface area contributed by atoms with Crippen molar-refractivity contribution in [2.45, 2.75) is 32.6 Å². The molecule has 0 bridgehead atoms. The highest BCUT2D eigenvalue weighted by Crippen LogP contribution is 2.15. The monoisotopic (exact) mass is 303 g/mol. The second-order valence-corrected chi connectivity index (χ2v) is 5.63.